The van der Waals surface area contributed by atoms with Crippen molar-refractivity contribution in [3.8, 4) is 0 Å². The molecule has 0 spiro atoms. The van der Waals surface area contributed by atoms with Gasteiger partial charge in [0.15, 0.2) is 0 Å². The summed E-state index contributed by atoms with van der Waals surface area (Å²) in [6.07, 6.45) is 0.336. The van der Waals surface area contributed by atoms with Gasteiger partial charge in [0, 0.05) is 11.9 Å². The molecule has 0 unspecified atom stereocenters. The van der Waals surface area contributed by atoms with Crippen LogP contribution in [0.1, 0.15) is 4.88 Å². The molecule has 0 N–H and O–H groups in total. The summed E-state index contributed by atoms with van der Waals surface area (Å²) in [6.45, 7) is 0.109. The van der Waals surface area contributed by atoms with E-state index in [2.05, 4.69) is 0 Å². The standard InChI is InChI=1S/C15H14N2O2S/c1-16-12-6-2-3-7-13(12)17(10-15(16)19)14(18)9-11-5-4-8-20-11/h2-8H,9-10H2,1H3. The third kappa shape index (κ3) is 2.20. The number of para-hydroxylation sites is 2. The van der Waals surface area contributed by atoms with E-state index in [1.807, 2.05) is 41.8 Å². The highest BCUT2D eigenvalue weighted by Crippen LogP contribution is 2.32. The molecule has 2 aromatic rings. The zero-order valence-corrected chi connectivity index (χ0v) is 11.9. The molecule has 4 nitrogen and oxygen atoms in total. The van der Waals surface area contributed by atoms with Gasteiger partial charge in [0.1, 0.15) is 6.54 Å². The molecule has 2 heterocycles. The third-order valence-corrected chi connectivity index (χ3v) is 4.28. The van der Waals surface area contributed by atoms with Crippen LogP contribution in [0.15, 0.2) is 41.8 Å². The molecule has 102 valence electrons. The van der Waals surface area contributed by atoms with Crippen LogP contribution in [0, 0.1) is 0 Å². The smallest absolute Gasteiger partial charge is 0.246 e. The van der Waals surface area contributed by atoms with Gasteiger partial charge in [-0.2, -0.15) is 0 Å². The summed E-state index contributed by atoms with van der Waals surface area (Å²) in [7, 11) is 1.74. The van der Waals surface area contributed by atoms with Crippen molar-refractivity contribution in [1.29, 1.82) is 0 Å². The van der Waals surface area contributed by atoms with Crippen LogP contribution in [0.2, 0.25) is 0 Å². The summed E-state index contributed by atoms with van der Waals surface area (Å²) in [5.41, 5.74) is 1.58. The van der Waals surface area contributed by atoms with Crippen LogP contribution >= 0.6 is 11.3 Å². The van der Waals surface area contributed by atoms with E-state index >= 15 is 0 Å². The number of fused-ring (bicyclic) bond motifs is 1. The fraction of sp³-hybridized carbons (Fsp3) is 0.200. The molecule has 0 aliphatic carbocycles. The highest BCUT2D eigenvalue weighted by Gasteiger charge is 2.30. The van der Waals surface area contributed by atoms with Gasteiger partial charge in [-0.05, 0) is 23.6 Å². The Kier molecular flexibility index (Phi) is 3.28. The monoisotopic (exact) mass is 286 g/mol. The van der Waals surface area contributed by atoms with Gasteiger partial charge < -0.3 is 9.80 Å². The first kappa shape index (κ1) is 12.9. The highest BCUT2D eigenvalue weighted by molar-refractivity contribution is 7.10. The zero-order chi connectivity index (χ0) is 14.1. The minimum atomic E-state index is -0.0665. The first-order valence-corrected chi connectivity index (χ1v) is 7.23. The maximum Gasteiger partial charge on any atom is 0.246 e. The van der Waals surface area contributed by atoms with Crippen LogP contribution < -0.4 is 9.80 Å². The summed E-state index contributed by atoms with van der Waals surface area (Å²) in [6, 6.07) is 11.4. The molecule has 0 radical (unpaired) electrons. The Balaban J connectivity index is 1.92. The van der Waals surface area contributed by atoms with E-state index in [-0.39, 0.29) is 18.4 Å². The lowest BCUT2D eigenvalue weighted by Gasteiger charge is -2.34. The lowest BCUT2D eigenvalue weighted by molar-refractivity contribution is -0.122. The number of likely N-dealkylation sites (N-methyl/N-ethyl adjacent to an activating group) is 1. The Morgan fingerprint density at radius 2 is 1.95 bits per heavy atom. The van der Waals surface area contributed by atoms with E-state index < -0.39 is 0 Å². The van der Waals surface area contributed by atoms with Gasteiger partial charge in [0.05, 0.1) is 17.8 Å². The molecule has 1 aliphatic heterocycles. The molecule has 2 amide bonds. The Bertz CT molecular complexity index is 652. The average Bonchev–Trinajstić information content (AvgIpc) is 2.95. The minimum Gasteiger partial charge on any atom is -0.312 e. The predicted octanol–water partition coefficient (Wildman–Crippen LogP) is 2.30. The molecular formula is C15H14N2O2S. The molecular weight excluding hydrogens is 272 g/mol. The van der Waals surface area contributed by atoms with E-state index in [1.165, 1.54) is 0 Å². The largest absolute Gasteiger partial charge is 0.312 e. The Labute approximate surface area is 121 Å². The number of nitrogens with zero attached hydrogens (tertiary/aromatic N) is 2. The van der Waals surface area contributed by atoms with Crippen molar-refractivity contribution in [2.45, 2.75) is 6.42 Å². The van der Waals surface area contributed by atoms with E-state index in [4.69, 9.17) is 0 Å². The van der Waals surface area contributed by atoms with Crippen LogP contribution in [0.25, 0.3) is 0 Å². The van der Waals surface area contributed by atoms with E-state index in [0.29, 0.717) is 6.42 Å². The Morgan fingerprint density at radius 3 is 2.65 bits per heavy atom. The molecule has 0 atom stereocenters. The molecule has 3 rings (SSSR count). The van der Waals surface area contributed by atoms with Gasteiger partial charge in [0.2, 0.25) is 11.8 Å². The minimum absolute atomic E-state index is 0.0404. The molecule has 1 aromatic heterocycles. The summed E-state index contributed by atoms with van der Waals surface area (Å²) in [5.74, 6) is -0.107. The molecule has 0 saturated heterocycles. The highest BCUT2D eigenvalue weighted by atomic mass is 32.1. The van der Waals surface area contributed by atoms with E-state index in [0.717, 1.165) is 16.3 Å². The van der Waals surface area contributed by atoms with Crippen LogP contribution in [0.5, 0.6) is 0 Å². The van der Waals surface area contributed by atoms with Crippen LogP contribution in [0.3, 0.4) is 0 Å². The number of hydrogen-bond acceptors (Lipinski definition) is 3. The fourth-order valence-electron chi connectivity index (χ4n) is 2.32. The van der Waals surface area contributed by atoms with Gasteiger partial charge in [-0.25, -0.2) is 0 Å². The second kappa shape index (κ2) is 5.09. The number of amides is 2. The molecule has 20 heavy (non-hydrogen) atoms. The average molecular weight is 286 g/mol. The molecule has 1 aliphatic rings. The van der Waals surface area contributed by atoms with Gasteiger partial charge in [-0.3, -0.25) is 9.59 Å². The second-order valence-electron chi connectivity index (χ2n) is 4.68. The molecule has 0 saturated carbocycles. The number of thiophene rings is 1. The first-order valence-electron chi connectivity index (χ1n) is 6.35. The maximum atomic E-state index is 12.4. The van der Waals surface area contributed by atoms with Crippen LogP contribution in [0.4, 0.5) is 11.4 Å². The van der Waals surface area contributed by atoms with Crippen molar-refractivity contribution in [3.63, 3.8) is 0 Å². The van der Waals surface area contributed by atoms with Crippen molar-refractivity contribution < 1.29 is 9.59 Å². The van der Waals surface area contributed by atoms with E-state index in [1.54, 1.807) is 28.2 Å². The predicted molar refractivity (Wildman–Crippen MR) is 80.2 cm³/mol. The normalized spacial score (nSPS) is 14.3. The van der Waals surface area contributed by atoms with E-state index in [9.17, 15) is 9.59 Å². The summed E-state index contributed by atoms with van der Waals surface area (Å²) >= 11 is 1.56. The number of hydrogen-bond donors (Lipinski definition) is 0. The van der Waals surface area contributed by atoms with Gasteiger partial charge in [0.25, 0.3) is 0 Å². The lowest BCUT2D eigenvalue weighted by atomic mass is 10.1. The van der Waals surface area contributed by atoms with Gasteiger partial charge in [-0.1, -0.05) is 18.2 Å². The van der Waals surface area contributed by atoms with Crippen molar-refractivity contribution in [1.82, 2.24) is 0 Å². The Hall–Kier alpha value is -2.14. The SMILES string of the molecule is CN1C(=O)CN(C(=O)Cc2cccs2)c2ccccc21. The summed E-state index contributed by atoms with van der Waals surface area (Å²) < 4.78 is 0. The molecule has 1 aromatic carbocycles. The van der Waals surface area contributed by atoms with Gasteiger partial charge in [-0.15, -0.1) is 11.3 Å². The third-order valence-electron chi connectivity index (χ3n) is 3.41. The number of carbonyl (C=O) groups excluding carboxylic acids is 2. The fourth-order valence-corrected chi connectivity index (χ4v) is 3.01. The molecule has 0 bridgehead atoms. The lowest BCUT2D eigenvalue weighted by Crippen LogP contribution is -2.47. The molecule has 5 heteroatoms. The maximum absolute atomic E-state index is 12.4. The quantitative estimate of drug-likeness (QED) is 0.850. The molecule has 0 fully saturated rings. The van der Waals surface area contributed by atoms with Crippen molar-refractivity contribution in [2.75, 3.05) is 23.4 Å². The van der Waals surface area contributed by atoms with Gasteiger partial charge >= 0.3 is 0 Å². The van der Waals surface area contributed by atoms with Crippen molar-refractivity contribution in [2.24, 2.45) is 0 Å². The van der Waals surface area contributed by atoms with Crippen molar-refractivity contribution in [3.05, 3.63) is 46.7 Å². The number of carbonyl (C=O) groups is 2. The second-order valence-corrected chi connectivity index (χ2v) is 5.71. The topological polar surface area (TPSA) is 40.6 Å². The summed E-state index contributed by atoms with van der Waals surface area (Å²) in [5, 5.41) is 1.95. The Morgan fingerprint density at radius 1 is 1.20 bits per heavy atom. The van der Waals surface area contributed by atoms with Crippen LogP contribution in [-0.2, 0) is 16.0 Å². The van der Waals surface area contributed by atoms with Crippen LogP contribution in [-0.4, -0.2) is 25.4 Å². The first-order chi connectivity index (χ1) is 9.66. The number of benzene rings is 1. The number of rotatable bonds is 2. The van der Waals surface area contributed by atoms with Crippen molar-refractivity contribution >= 4 is 34.5 Å². The summed E-state index contributed by atoms with van der Waals surface area (Å²) in [4.78, 5) is 28.6. The zero-order valence-electron chi connectivity index (χ0n) is 11.1. The number of anilines is 2.